The van der Waals surface area contributed by atoms with E-state index in [1.54, 1.807) is 6.20 Å². The molecule has 2 rings (SSSR count). The van der Waals surface area contributed by atoms with Crippen molar-refractivity contribution >= 4 is 0 Å². The second-order valence-corrected chi connectivity index (χ2v) is 5.40. The molecule has 1 aliphatic rings. The molecular formula is C15H25N3O. The Balaban J connectivity index is 2.22. The van der Waals surface area contributed by atoms with Gasteiger partial charge in [-0.25, -0.2) is 0 Å². The van der Waals surface area contributed by atoms with Crippen LogP contribution in [0.4, 0.5) is 0 Å². The molecule has 0 aliphatic carbocycles. The van der Waals surface area contributed by atoms with E-state index in [1.165, 1.54) is 5.56 Å². The van der Waals surface area contributed by atoms with Crippen LogP contribution in [0.1, 0.15) is 38.3 Å². The second-order valence-electron chi connectivity index (χ2n) is 5.40. The van der Waals surface area contributed by atoms with Crippen molar-refractivity contribution in [3.05, 3.63) is 30.1 Å². The zero-order valence-electron chi connectivity index (χ0n) is 12.1. The first-order chi connectivity index (χ1) is 9.15. The second kappa shape index (κ2) is 6.46. The number of nitrogens with two attached hydrogens (primary N) is 1. The Hall–Kier alpha value is -0.970. The van der Waals surface area contributed by atoms with E-state index in [0.717, 1.165) is 19.4 Å². The zero-order chi connectivity index (χ0) is 13.8. The molecule has 4 heteroatoms. The summed E-state index contributed by atoms with van der Waals surface area (Å²) >= 11 is 0. The van der Waals surface area contributed by atoms with Crippen LogP contribution in [0.25, 0.3) is 0 Å². The molecule has 0 bridgehead atoms. The van der Waals surface area contributed by atoms with E-state index in [4.69, 9.17) is 10.5 Å². The van der Waals surface area contributed by atoms with Crippen LogP contribution in [0, 0.1) is 0 Å². The standard InChI is InChI=1S/C15H25N3O/c1-4-13(16)15(12-6-5-8-17-10-12)18(3)14-7-9-19-11(14)2/h5-6,8,10-11,13-15H,4,7,9,16H2,1-3H3. The Bertz CT molecular complexity index is 384. The Morgan fingerprint density at radius 2 is 2.37 bits per heavy atom. The van der Waals surface area contributed by atoms with Crippen molar-refractivity contribution in [1.29, 1.82) is 0 Å². The number of hydrogen-bond acceptors (Lipinski definition) is 4. The molecule has 1 aromatic rings. The highest BCUT2D eigenvalue weighted by molar-refractivity contribution is 5.17. The highest BCUT2D eigenvalue weighted by atomic mass is 16.5. The van der Waals surface area contributed by atoms with Crippen molar-refractivity contribution in [2.24, 2.45) is 5.73 Å². The van der Waals surface area contributed by atoms with E-state index in [-0.39, 0.29) is 18.2 Å². The van der Waals surface area contributed by atoms with Gasteiger partial charge in [0.2, 0.25) is 0 Å². The molecule has 1 aromatic heterocycles. The average Bonchev–Trinajstić information content (AvgIpc) is 2.86. The van der Waals surface area contributed by atoms with Crippen molar-refractivity contribution in [2.45, 2.75) is 50.9 Å². The highest BCUT2D eigenvalue weighted by Crippen LogP contribution is 2.30. The summed E-state index contributed by atoms with van der Waals surface area (Å²) in [4.78, 5) is 6.61. The van der Waals surface area contributed by atoms with Gasteiger partial charge < -0.3 is 10.5 Å². The smallest absolute Gasteiger partial charge is 0.0703 e. The molecule has 0 spiro atoms. The fourth-order valence-electron chi connectivity index (χ4n) is 3.02. The van der Waals surface area contributed by atoms with Gasteiger partial charge in [-0.15, -0.1) is 0 Å². The van der Waals surface area contributed by atoms with Crippen molar-refractivity contribution in [3.8, 4) is 0 Å². The molecule has 0 saturated carbocycles. The number of likely N-dealkylation sites (N-methyl/N-ethyl adjacent to an activating group) is 1. The largest absolute Gasteiger partial charge is 0.377 e. The van der Waals surface area contributed by atoms with Gasteiger partial charge in [0, 0.05) is 31.1 Å². The molecule has 106 valence electrons. The van der Waals surface area contributed by atoms with E-state index >= 15 is 0 Å². The summed E-state index contributed by atoms with van der Waals surface area (Å²) in [7, 11) is 2.16. The summed E-state index contributed by atoms with van der Waals surface area (Å²) in [6, 6.07) is 4.84. The number of hydrogen-bond donors (Lipinski definition) is 1. The summed E-state index contributed by atoms with van der Waals surface area (Å²) < 4.78 is 5.69. The molecule has 19 heavy (non-hydrogen) atoms. The third kappa shape index (κ3) is 3.14. The molecule has 0 amide bonds. The minimum Gasteiger partial charge on any atom is -0.377 e. The molecule has 4 atom stereocenters. The Kier molecular flexibility index (Phi) is 4.91. The first kappa shape index (κ1) is 14.4. The average molecular weight is 263 g/mol. The van der Waals surface area contributed by atoms with Crippen LogP contribution in [-0.4, -0.2) is 41.7 Å². The summed E-state index contributed by atoms with van der Waals surface area (Å²) in [5.74, 6) is 0. The maximum absolute atomic E-state index is 6.35. The maximum Gasteiger partial charge on any atom is 0.0703 e. The van der Waals surface area contributed by atoms with Crippen molar-refractivity contribution in [3.63, 3.8) is 0 Å². The molecular weight excluding hydrogens is 238 g/mol. The number of nitrogens with zero attached hydrogens (tertiary/aromatic N) is 2. The Labute approximate surface area is 116 Å². The number of pyridine rings is 1. The van der Waals surface area contributed by atoms with E-state index in [0.29, 0.717) is 6.04 Å². The maximum atomic E-state index is 6.35. The first-order valence-corrected chi connectivity index (χ1v) is 7.14. The van der Waals surface area contributed by atoms with Crippen molar-refractivity contribution in [2.75, 3.05) is 13.7 Å². The molecule has 4 nitrogen and oxygen atoms in total. The molecule has 1 aliphatic heterocycles. The fourth-order valence-corrected chi connectivity index (χ4v) is 3.02. The van der Waals surface area contributed by atoms with Gasteiger partial charge in [0.15, 0.2) is 0 Å². The molecule has 2 heterocycles. The lowest BCUT2D eigenvalue weighted by molar-refractivity contribution is 0.0608. The normalized spacial score (nSPS) is 26.6. The predicted molar refractivity (Wildman–Crippen MR) is 76.8 cm³/mol. The van der Waals surface area contributed by atoms with Gasteiger partial charge in [-0.3, -0.25) is 9.88 Å². The quantitative estimate of drug-likeness (QED) is 0.882. The van der Waals surface area contributed by atoms with E-state index in [1.807, 2.05) is 12.3 Å². The van der Waals surface area contributed by atoms with E-state index in [2.05, 4.69) is 36.8 Å². The highest BCUT2D eigenvalue weighted by Gasteiger charge is 2.34. The van der Waals surface area contributed by atoms with E-state index in [9.17, 15) is 0 Å². The van der Waals surface area contributed by atoms with Gasteiger partial charge >= 0.3 is 0 Å². The molecule has 1 saturated heterocycles. The fraction of sp³-hybridized carbons (Fsp3) is 0.667. The molecule has 2 N–H and O–H groups in total. The SMILES string of the molecule is CCC(N)C(c1cccnc1)N(C)C1CCOC1C. The van der Waals surface area contributed by atoms with Gasteiger partial charge in [-0.1, -0.05) is 13.0 Å². The third-order valence-corrected chi connectivity index (χ3v) is 4.20. The summed E-state index contributed by atoms with van der Waals surface area (Å²) in [5, 5.41) is 0. The number of aromatic nitrogens is 1. The first-order valence-electron chi connectivity index (χ1n) is 7.14. The summed E-state index contributed by atoms with van der Waals surface area (Å²) in [5.41, 5.74) is 7.55. The van der Waals surface area contributed by atoms with Gasteiger partial charge in [-0.2, -0.15) is 0 Å². The number of ether oxygens (including phenoxy) is 1. The van der Waals surface area contributed by atoms with Crippen LogP contribution in [0.3, 0.4) is 0 Å². The van der Waals surface area contributed by atoms with Crippen LogP contribution < -0.4 is 5.73 Å². The van der Waals surface area contributed by atoms with Gasteiger partial charge in [-0.05, 0) is 38.4 Å². The Morgan fingerprint density at radius 3 is 2.89 bits per heavy atom. The Morgan fingerprint density at radius 1 is 1.58 bits per heavy atom. The van der Waals surface area contributed by atoms with Crippen LogP contribution in [0.15, 0.2) is 24.5 Å². The van der Waals surface area contributed by atoms with Gasteiger partial charge in [0.05, 0.1) is 12.1 Å². The summed E-state index contributed by atoms with van der Waals surface area (Å²) in [6.45, 7) is 5.12. The van der Waals surface area contributed by atoms with Gasteiger partial charge in [0.1, 0.15) is 0 Å². The minimum atomic E-state index is 0.113. The lowest BCUT2D eigenvalue weighted by atomic mass is 9.95. The molecule has 0 aromatic carbocycles. The molecule has 1 fully saturated rings. The third-order valence-electron chi connectivity index (χ3n) is 4.20. The monoisotopic (exact) mass is 263 g/mol. The van der Waals surface area contributed by atoms with Gasteiger partial charge in [0.25, 0.3) is 0 Å². The van der Waals surface area contributed by atoms with E-state index < -0.39 is 0 Å². The molecule has 4 unspecified atom stereocenters. The van der Waals surface area contributed by atoms with Crippen LogP contribution in [-0.2, 0) is 4.74 Å². The van der Waals surface area contributed by atoms with Crippen LogP contribution in [0.5, 0.6) is 0 Å². The number of rotatable bonds is 5. The lowest BCUT2D eigenvalue weighted by Crippen LogP contribution is -2.46. The van der Waals surface area contributed by atoms with Crippen LogP contribution in [0.2, 0.25) is 0 Å². The lowest BCUT2D eigenvalue weighted by Gasteiger charge is -2.37. The summed E-state index contributed by atoms with van der Waals surface area (Å²) in [6.07, 6.45) is 6.03. The van der Waals surface area contributed by atoms with Crippen LogP contribution >= 0.6 is 0 Å². The minimum absolute atomic E-state index is 0.113. The zero-order valence-corrected chi connectivity index (χ0v) is 12.1. The van der Waals surface area contributed by atoms with Crippen molar-refractivity contribution in [1.82, 2.24) is 9.88 Å². The van der Waals surface area contributed by atoms with Crippen molar-refractivity contribution < 1.29 is 4.74 Å². The topological polar surface area (TPSA) is 51.4 Å². The molecule has 0 radical (unpaired) electrons. The predicted octanol–water partition coefficient (Wildman–Crippen LogP) is 1.97.